The Hall–Kier alpha value is -1.85. The van der Waals surface area contributed by atoms with Gasteiger partial charge in [-0.3, -0.25) is 5.10 Å². The first-order chi connectivity index (χ1) is 8.74. The van der Waals surface area contributed by atoms with E-state index >= 15 is 0 Å². The van der Waals surface area contributed by atoms with E-state index in [9.17, 15) is 0 Å². The summed E-state index contributed by atoms with van der Waals surface area (Å²) in [7, 11) is 0. The van der Waals surface area contributed by atoms with Gasteiger partial charge in [-0.25, -0.2) is 4.98 Å². The minimum atomic E-state index is 0.534. The number of hydrogen-bond donors (Lipinski definition) is 2. The summed E-state index contributed by atoms with van der Waals surface area (Å²) in [5.41, 5.74) is 8.55. The predicted molar refractivity (Wildman–Crippen MR) is 74.6 cm³/mol. The summed E-state index contributed by atoms with van der Waals surface area (Å²) in [5.74, 6) is 0.534. The molecule has 90 valence electrons. The second-order valence-electron chi connectivity index (χ2n) is 3.74. The Morgan fingerprint density at radius 2 is 2.00 bits per heavy atom. The molecule has 4 nitrogen and oxygen atoms in total. The summed E-state index contributed by atoms with van der Waals surface area (Å²) in [6.45, 7) is 0. The molecule has 2 aromatic heterocycles. The Morgan fingerprint density at radius 1 is 1.22 bits per heavy atom. The van der Waals surface area contributed by atoms with Crippen LogP contribution in [0, 0.1) is 0 Å². The number of nitrogens with zero attached hydrogens (tertiary/aromatic N) is 2. The van der Waals surface area contributed by atoms with Gasteiger partial charge in [0.25, 0.3) is 0 Å². The van der Waals surface area contributed by atoms with Crippen molar-refractivity contribution in [2.75, 3.05) is 5.73 Å². The Morgan fingerprint density at radius 3 is 2.67 bits per heavy atom. The Kier molecular flexibility index (Phi) is 2.77. The van der Waals surface area contributed by atoms with Crippen molar-refractivity contribution < 1.29 is 0 Å². The van der Waals surface area contributed by atoms with Gasteiger partial charge in [0.05, 0.1) is 17.5 Å². The largest absolute Gasteiger partial charge is 0.383 e. The lowest BCUT2D eigenvalue weighted by atomic mass is 10.2. The highest BCUT2D eigenvalue weighted by molar-refractivity contribution is 7.13. The fraction of sp³-hybridized carbons (Fsp3) is 0. The molecule has 2 heterocycles. The van der Waals surface area contributed by atoms with Crippen LogP contribution in [0.4, 0.5) is 5.82 Å². The topological polar surface area (TPSA) is 67.6 Å². The molecule has 6 heteroatoms. The molecule has 0 radical (unpaired) electrons. The summed E-state index contributed by atoms with van der Waals surface area (Å²) >= 11 is 7.40. The number of benzene rings is 1. The number of aromatic amines is 1. The molecule has 0 bridgehead atoms. The fourth-order valence-electron chi connectivity index (χ4n) is 1.62. The Labute approximate surface area is 112 Å². The minimum absolute atomic E-state index is 0.534. The van der Waals surface area contributed by atoms with Gasteiger partial charge in [0.15, 0.2) is 0 Å². The summed E-state index contributed by atoms with van der Waals surface area (Å²) in [6.07, 6.45) is 1.68. The smallest absolute Gasteiger partial charge is 0.129 e. The SMILES string of the molecule is Nc1[nH]ncc1-c1nc(-c2ccc(Cl)cc2)cs1. The van der Waals surface area contributed by atoms with Crippen molar-refractivity contribution in [1.29, 1.82) is 0 Å². The third-order valence-electron chi connectivity index (χ3n) is 2.54. The molecular formula is C12H9ClN4S. The van der Waals surface area contributed by atoms with Crippen molar-refractivity contribution in [3.63, 3.8) is 0 Å². The van der Waals surface area contributed by atoms with Crippen molar-refractivity contribution in [1.82, 2.24) is 15.2 Å². The van der Waals surface area contributed by atoms with E-state index in [1.165, 1.54) is 11.3 Å². The molecule has 1 aromatic carbocycles. The molecule has 0 aliphatic heterocycles. The summed E-state index contributed by atoms with van der Waals surface area (Å²) in [5, 5.41) is 10.2. The van der Waals surface area contributed by atoms with Gasteiger partial charge in [-0.1, -0.05) is 23.7 Å². The maximum Gasteiger partial charge on any atom is 0.129 e. The van der Waals surface area contributed by atoms with Crippen LogP contribution in [0.3, 0.4) is 0 Å². The number of hydrogen-bond acceptors (Lipinski definition) is 4. The van der Waals surface area contributed by atoms with E-state index in [1.807, 2.05) is 29.6 Å². The first-order valence-corrected chi connectivity index (χ1v) is 6.50. The van der Waals surface area contributed by atoms with E-state index < -0.39 is 0 Å². The fourth-order valence-corrected chi connectivity index (χ4v) is 2.60. The van der Waals surface area contributed by atoms with E-state index in [0.717, 1.165) is 21.8 Å². The van der Waals surface area contributed by atoms with Crippen LogP contribution in [0.15, 0.2) is 35.8 Å². The van der Waals surface area contributed by atoms with E-state index in [4.69, 9.17) is 17.3 Å². The third-order valence-corrected chi connectivity index (χ3v) is 3.67. The van der Waals surface area contributed by atoms with Gasteiger partial charge in [-0.15, -0.1) is 11.3 Å². The minimum Gasteiger partial charge on any atom is -0.383 e. The quantitative estimate of drug-likeness (QED) is 0.753. The maximum atomic E-state index is 5.86. The van der Waals surface area contributed by atoms with Crippen LogP contribution in [0.1, 0.15) is 0 Å². The number of nitrogens with one attached hydrogen (secondary N) is 1. The molecule has 0 saturated carbocycles. The highest BCUT2D eigenvalue weighted by Gasteiger charge is 2.10. The molecule has 0 aliphatic carbocycles. The van der Waals surface area contributed by atoms with Gasteiger partial charge in [-0.2, -0.15) is 5.10 Å². The van der Waals surface area contributed by atoms with Crippen molar-refractivity contribution in [2.24, 2.45) is 0 Å². The zero-order valence-corrected chi connectivity index (χ0v) is 10.8. The highest BCUT2D eigenvalue weighted by Crippen LogP contribution is 2.31. The van der Waals surface area contributed by atoms with Crippen molar-refractivity contribution in [3.05, 3.63) is 40.9 Å². The van der Waals surface area contributed by atoms with E-state index in [2.05, 4.69) is 15.2 Å². The summed E-state index contributed by atoms with van der Waals surface area (Å²) in [6, 6.07) is 7.59. The van der Waals surface area contributed by atoms with Crippen LogP contribution in [0.25, 0.3) is 21.8 Å². The van der Waals surface area contributed by atoms with Crippen LogP contribution < -0.4 is 5.73 Å². The lowest BCUT2D eigenvalue weighted by Crippen LogP contribution is -1.87. The van der Waals surface area contributed by atoms with Gasteiger partial charge in [-0.05, 0) is 12.1 Å². The van der Waals surface area contributed by atoms with Crippen molar-refractivity contribution in [3.8, 4) is 21.8 Å². The molecular weight excluding hydrogens is 268 g/mol. The molecule has 3 N–H and O–H groups in total. The Bertz CT molecular complexity index is 671. The first-order valence-electron chi connectivity index (χ1n) is 5.25. The third kappa shape index (κ3) is 1.98. The monoisotopic (exact) mass is 276 g/mol. The van der Waals surface area contributed by atoms with Crippen LogP contribution >= 0.6 is 22.9 Å². The standard InChI is InChI=1S/C12H9ClN4S/c13-8-3-1-7(2-4-8)10-6-18-12(16-10)9-5-15-17-11(9)14/h1-6H,(H3,14,15,17). The van der Waals surface area contributed by atoms with Gasteiger partial charge in [0.1, 0.15) is 10.8 Å². The Balaban J connectivity index is 1.99. The summed E-state index contributed by atoms with van der Waals surface area (Å²) < 4.78 is 0. The number of anilines is 1. The molecule has 3 rings (SSSR count). The number of aromatic nitrogens is 3. The summed E-state index contributed by atoms with van der Waals surface area (Å²) in [4.78, 5) is 4.55. The van der Waals surface area contributed by atoms with Crippen LogP contribution in [-0.4, -0.2) is 15.2 Å². The predicted octanol–water partition coefficient (Wildman–Crippen LogP) is 3.44. The molecule has 0 atom stereocenters. The van der Waals surface area contributed by atoms with Gasteiger partial charge in [0, 0.05) is 16.0 Å². The number of nitrogen functional groups attached to an aromatic ring is 1. The molecule has 0 aliphatic rings. The number of halogens is 1. The van der Waals surface area contributed by atoms with Crippen LogP contribution in [0.2, 0.25) is 5.02 Å². The van der Waals surface area contributed by atoms with E-state index in [0.29, 0.717) is 10.8 Å². The van der Waals surface area contributed by atoms with Crippen LogP contribution in [0.5, 0.6) is 0 Å². The molecule has 0 unspecified atom stereocenters. The number of H-pyrrole nitrogens is 1. The normalized spacial score (nSPS) is 10.7. The molecule has 0 spiro atoms. The lowest BCUT2D eigenvalue weighted by molar-refractivity contribution is 1.10. The van der Waals surface area contributed by atoms with Crippen molar-refractivity contribution in [2.45, 2.75) is 0 Å². The second kappa shape index (κ2) is 4.44. The first kappa shape index (κ1) is 11.3. The molecule has 3 aromatic rings. The van der Waals surface area contributed by atoms with E-state index in [1.54, 1.807) is 6.20 Å². The number of nitrogens with two attached hydrogens (primary N) is 1. The van der Waals surface area contributed by atoms with Crippen molar-refractivity contribution >= 4 is 28.8 Å². The average Bonchev–Trinajstić information content (AvgIpc) is 2.98. The van der Waals surface area contributed by atoms with Gasteiger partial charge in [0.2, 0.25) is 0 Å². The molecule has 0 saturated heterocycles. The van der Waals surface area contributed by atoms with Gasteiger partial charge < -0.3 is 5.73 Å². The zero-order chi connectivity index (χ0) is 12.5. The highest BCUT2D eigenvalue weighted by atomic mass is 35.5. The molecule has 0 amide bonds. The van der Waals surface area contributed by atoms with E-state index in [-0.39, 0.29) is 0 Å². The molecule has 18 heavy (non-hydrogen) atoms. The lowest BCUT2D eigenvalue weighted by Gasteiger charge is -1.96. The number of thiazole rings is 1. The number of rotatable bonds is 2. The molecule has 0 fully saturated rings. The van der Waals surface area contributed by atoms with Gasteiger partial charge >= 0.3 is 0 Å². The second-order valence-corrected chi connectivity index (χ2v) is 5.04. The average molecular weight is 277 g/mol. The van der Waals surface area contributed by atoms with Crippen LogP contribution in [-0.2, 0) is 0 Å². The maximum absolute atomic E-state index is 5.86. The zero-order valence-electron chi connectivity index (χ0n) is 9.22.